The molecule has 0 amide bonds. The molecule has 5 heteroatoms. The van der Waals surface area contributed by atoms with E-state index in [0.717, 1.165) is 12.8 Å². The number of hydrogen-bond donors (Lipinski definition) is 2. The number of nitrogens with two attached hydrogens (primary N) is 1. The minimum atomic E-state index is -0.102. The molecule has 0 aliphatic heterocycles. The third-order valence-electron chi connectivity index (χ3n) is 2.80. The Kier molecular flexibility index (Phi) is 3.56. The van der Waals surface area contributed by atoms with Crippen LogP contribution in [0.4, 0.5) is 5.95 Å². The molecule has 0 unspecified atom stereocenters. The van der Waals surface area contributed by atoms with Crippen molar-refractivity contribution >= 4 is 5.95 Å². The topological polar surface area (TPSA) is 81.3 Å². The van der Waals surface area contributed by atoms with Crippen LogP contribution in [0, 0.1) is 0 Å². The van der Waals surface area contributed by atoms with Crippen molar-refractivity contribution in [2.45, 2.75) is 44.8 Å². The molecule has 1 aliphatic carbocycles. The van der Waals surface area contributed by atoms with Gasteiger partial charge in [0.15, 0.2) is 0 Å². The lowest BCUT2D eigenvalue weighted by Gasteiger charge is -2.21. The number of ether oxygens (including phenoxy) is 1. The van der Waals surface area contributed by atoms with Crippen LogP contribution in [0.5, 0.6) is 5.88 Å². The molecule has 1 aromatic rings. The summed E-state index contributed by atoms with van der Waals surface area (Å²) in [4.78, 5) is 7.60. The predicted molar refractivity (Wildman–Crippen MR) is 59.8 cm³/mol. The van der Waals surface area contributed by atoms with Gasteiger partial charge in [-0.2, -0.15) is 4.98 Å². The molecule has 1 saturated carbocycles. The highest BCUT2D eigenvalue weighted by Gasteiger charge is 2.14. The van der Waals surface area contributed by atoms with E-state index in [1.807, 2.05) is 0 Å². The van der Waals surface area contributed by atoms with Gasteiger partial charge < -0.3 is 15.6 Å². The SMILES string of the molecule is Nc1nc(O)cc(COC2CCCCC2)n1. The zero-order chi connectivity index (χ0) is 11.4. The lowest BCUT2D eigenvalue weighted by Crippen LogP contribution is -2.16. The summed E-state index contributed by atoms with van der Waals surface area (Å²) in [5, 5.41) is 9.24. The zero-order valence-electron chi connectivity index (χ0n) is 9.22. The van der Waals surface area contributed by atoms with Gasteiger partial charge in [-0.15, -0.1) is 0 Å². The van der Waals surface area contributed by atoms with Crippen molar-refractivity contribution < 1.29 is 9.84 Å². The van der Waals surface area contributed by atoms with E-state index >= 15 is 0 Å². The lowest BCUT2D eigenvalue weighted by atomic mass is 9.98. The molecule has 2 rings (SSSR count). The molecule has 0 bridgehead atoms. The van der Waals surface area contributed by atoms with E-state index in [0.29, 0.717) is 18.4 Å². The molecule has 5 nitrogen and oxygen atoms in total. The average Bonchev–Trinajstić information content (AvgIpc) is 2.27. The van der Waals surface area contributed by atoms with E-state index in [2.05, 4.69) is 9.97 Å². The van der Waals surface area contributed by atoms with Gasteiger partial charge in [0.2, 0.25) is 11.8 Å². The van der Waals surface area contributed by atoms with E-state index in [-0.39, 0.29) is 11.8 Å². The second-order valence-electron chi connectivity index (χ2n) is 4.15. The molecular weight excluding hydrogens is 206 g/mol. The Morgan fingerprint density at radius 1 is 1.31 bits per heavy atom. The molecule has 0 spiro atoms. The van der Waals surface area contributed by atoms with Crippen molar-refractivity contribution in [1.82, 2.24) is 9.97 Å². The van der Waals surface area contributed by atoms with Crippen molar-refractivity contribution in [2.75, 3.05) is 5.73 Å². The number of anilines is 1. The van der Waals surface area contributed by atoms with Crippen LogP contribution in [-0.4, -0.2) is 21.2 Å². The minimum Gasteiger partial charge on any atom is -0.493 e. The Balaban J connectivity index is 1.88. The maximum Gasteiger partial charge on any atom is 0.223 e. The van der Waals surface area contributed by atoms with Crippen molar-refractivity contribution in [3.05, 3.63) is 11.8 Å². The van der Waals surface area contributed by atoms with Crippen LogP contribution in [0.15, 0.2) is 6.07 Å². The van der Waals surface area contributed by atoms with Gasteiger partial charge in [0.05, 0.1) is 18.4 Å². The molecular formula is C11H17N3O2. The summed E-state index contributed by atoms with van der Waals surface area (Å²) in [6.07, 6.45) is 6.34. The van der Waals surface area contributed by atoms with Crippen LogP contribution in [-0.2, 0) is 11.3 Å². The van der Waals surface area contributed by atoms with Gasteiger partial charge in [-0.05, 0) is 12.8 Å². The summed E-state index contributed by atoms with van der Waals surface area (Å²) in [7, 11) is 0. The fourth-order valence-corrected chi connectivity index (χ4v) is 2.01. The Morgan fingerprint density at radius 2 is 2.06 bits per heavy atom. The maximum absolute atomic E-state index is 9.24. The van der Waals surface area contributed by atoms with Crippen LogP contribution in [0.3, 0.4) is 0 Å². The number of nitrogen functional groups attached to an aromatic ring is 1. The Labute approximate surface area is 94.7 Å². The van der Waals surface area contributed by atoms with Crippen LogP contribution < -0.4 is 5.73 Å². The van der Waals surface area contributed by atoms with Crippen molar-refractivity contribution in [1.29, 1.82) is 0 Å². The van der Waals surface area contributed by atoms with Gasteiger partial charge in [0.25, 0.3) is 0 Å². The highest BCUT2D eigenvalue weighted by Crippen LogP contribution is 2.21. The summed E-state index contributed by atoms with van der Waals surface area (Å²) in [6.45, 7) is 0.394. The number of aromatic hydroxyl groups is 1. The van der Waals surface area contributed by atoms with Gasteiger partial charge in [0, 0.05) is 6.07 Å². The van der Waals surface area contributed by atoms with E-state index in [1.54, 1.807) is 0 Å². The zero-order valence-corrected chi connectivity index (χ0v) is 9.22. The fraction of sp³-hybridized carbons (Fsp3) is 0.636. The molecule has 1 aliphatic rings. The molecule has 88 valence electrons. The highest BCUT2D eigenvalue weighted by molar-refractivity contribution is 5.24. The Morgan fingerprint density at radius 3 is 2.75 bits per heavy atom. The molecule has 1 aromatic heterocycles. The van der Waals surface area contributed by atoms with Crippen LogP contribution >= 0.6 is 0 Å². The summed E-state index contributed by atoms with van der Waals surface area (Å²) in [5.74, 6) is -0.0167. The molecule has 0 aromatic carbocycles. The van der Waals surface area contributed by atoms with Crippen LogP contribution in [0.25, 0.3) is 0 Å². The first-order chi connectivity index (χ1) is 7.74. The fourth-order valence-electron chi connectivity index (χ4n) is 2.01. The van der Waals surface area contributed by atoms with Gasteiger partial charge in [-0.25, -0.2) is 4.98 Å². The van der Waals surface area contributed by atoms with Gasteiger partial charge in [0.1, 0.15) is 0 Å². The number of hydrogen-bond acceptors (Lipinski definition) is 5. The second kappa shape index (κ2) is 5.12. The largest absolute Gasteiger partial charge is 0.493 e. The number of rotatable bonds is 3. The molecule has 0 saturated heterocycles. The number of aromatic nitrogens is 2. The van der Waals surface area contributed by atoms with E-state index < -0.39 is 0 Å². The van der Waals surface area contributed by atoms with Crippen LogP contribution in [0.2, 0.25) is 0 Å². The smallest absolute Gasteiger partial charge is 0.223 e. The third kappa shape index (κ3) is 3.06. The van der Waals surface area contributed by atoms with Crippen LogP contribution in [0.1, 0.15) is 37.8 Å². The average molecular weight is 223 g/mol. The molecule has 0 atom stereocenters. The first-order valence-corrected chi connectivity index (χ1v) is 5.68. The molecule has 0 radical (unpaired) electrons. The first kappa shape index (κ1) is 11.1. The van der Waals surface area contributed by atoms with Crippen molar-refractivity contribution in [2.24, 2.45) is 0 Å². The van der Waals surface area contributed by atoms with E-state index in [9.17, 15) is 5.11 Å². The van der Waals surface area contributed by atoms with Gasteiger partial charge >= 0.3 is 0 Å². The van der Waals surface area contributed by atoms with E-state index in [4.69, 9.17) is 10.5 Å². The molecule has 1 heterocycles. The van der Waals surface area contributed by atoms with Crippen molar-refractivity contribution in [3.8, 4) is 5.88 Å². The van der Waals surface area contributed by atoms with Gasteiger partial charge in [-0.3, -0.25) is 0 Å². The predicted octanol–water partition coefficient (Wildman–Crippen LogP) is 1.61. The highest BCUT2D eigenvalue weighted by atomic mass is 16.5. The number of nitrogens with zero attached hydrogens (tertiary/aromatic N) is 2. The Bertz CT molecular complexity index is 331. The standard InChI is InChI=1S/C11H17N3O2/c12-11-13-8(6-10(15)14-11)7-16-9-4-2-1-3-5-9/h6,9H,1-5,7H2,(H3,12,13,14,15). The first-order valence-electron chi connectivity index (χ1n) is 5.68. The van der Waals surface area contributed by atoms with Gasteiger partial charge in [-0.1, -0.05) is 19.3 Å². The van der Waals surface area contributed by atoms with Crippen molar-refractivity contribution in [3.63, 3.8) is 0 Å². The molecule has 1 fully saturated rings. The lowest BCUT2D eigenvalue weighted by molar-refractivity contribution is 0.0152. The monoisotopic (exact) mass is 223 g/mol. The normalized spacial score (nSPS) is 17.5. The Hall–Kier alpha value is -1.36. The summed E-state index contributed by atoms with van der Waals surface area (Å²) in [5.41, 5.74) is 6.07. The summed E-state index contributed by atoms with van der Waals surface area (Å²) in [6, 6.07) is 1.49. The minimum absolute atomic E-state index is 0.0854. The summed E-state index contributed by atoms with van der Waals surface area (Å²) < 4.78 is 5.72. The molecule has 3 N–H and O–H groups in total. The quantitative estimate of drug-likeness (QED) is 0.813. The molecule has 16 heavy (non-hydrogen) atoms. The summed E-state index contributed by atoms with van der Waals surface area (Å²) >= 11 is 0. The third-order valence-corrected chi connectivity index (χ3v) is 2.80. The maximum atomic E-state index is 9.24. The second-order valence-corrected chi connectivity index (χ2v) is 4.15. The van der Waals surface area contributed by atoms with E-state index in [1.165, 1.54) is 25.3 Å².